The van der Waals surface area contributed by atoms with Gasteiger partial charge < -0.3 is 9.52 Å². The highest BCUT2D eigenvalue weighted by molar-refractivity contribution is 9.11. The molecule has 1 aromatic carbocycles. The van der Waals surface area contributed by atoms with E-state index in [1.54, 1.807) is 12.1 Å². The van der Waals surface area contributed by atoms with Gasteiger partial charge in [-0.3, -0.25) is 4.72 Å². The molecule has 0 aliphatic carbocycles. The second-order valence-corrected chi connectivity index (χ2v) is 7.97. The van der Waals surface area contributed by atoms with Crippen molar-refractivity contribution in [2.45, 2.75) is 11.7 Å². The van der Waals surface area contributed by atoms with Crippen LogP contribution in [0.1, 0.15) is 5.76 Å². The minimum atomic E-state index is -3.86. The summed E-state index contributed by atoms with van der Waals surface area (Å²) in [4.78, 5) is 0. The fourth-order valence-corrected chi connectivity index (χ4v) is 5.18. The second kappa shape index (κ2) is 6.18. The number of halogens is 3. The van der Waals surface area contributed by atoms with Crippen molar-refractivity contribution in [1.82, 2.24) is 0 Å². The summed E-state index contributed by atoms with van der Waals surface area (Å²) >= 11 is 9.87. The molecule has 0 spiro atoms. The summed E-state index contributed by atoms with van der Waals surface area (Å²) in [5, 5.41) is 8.64. The van der Waals surface area contributed by atoms with E-state index >= 15 is 0 Å². The molecule has 1 heterocycles. The lowest BCUT2D eigenvalue weighted by Gasteiger charge is -2.10. The maximum Gasteiger partial charge on any atom is 0.295 e. The Kier molecular flexibility index (Phi) is 4.96. The van der Waals surface area contributed by atoms with E-state index in [0.29, 0.717) is 14.6 Å². The van der Waals surface area contributed by atoms with Crippen LogP contribution in [0, 0.1) is 0 Å². The third-order valence-electron chi connectivity index (χ3n) is 2.30. The van der Waals surface area contributed by atoms with Crippen LogP contribution >= 0.6 is 47.8 Å². The van der Waals surface area contributed by atoms with Crippen LogP contribution in [0.5, 0.6) is 0 Å². The minimum Gasteiger partial charge on any atom is -0.445 e. The molecule has 0 amide bonds. The molecule has 0 saturated heterocycles. The lowest BCUT2D eigenvalue weighted by molar-refractivity contribution is 0.236. The van der Waals surface area contributed by atoms with Gasteiger partial charge in [-0.2, -0.15) is 8.42 Å². The predicted molar refractivity (Wildman–Crippen MR) is 85.0 cm³/mol. The fraction of sp³-hybridized carbons (Fsp3) is 0.0909. The molecule has 20 heavy (non-hydrogen) atoms. The highest BCUT2D eigenvalue weighted by atomic mass is 79.9. The first kappa shape index (κ1) is 16.0. The van der Waals surface area contributed by atoms with Crippen molar-refractivity contribution in [2.75, 3.05) is 4.72 Å². The summed E-state index contributed by atoms with van der Waals surface area (Å²) in [7, 11) is -3.86. The number of furan rings is 1. The van der Waals surface area contributed by atoms with E-state index in [1.807, 2.05) is 0 Å². The quantitative estimate of drug-likeness (QED) is 0.683. The molecule has 108 valence electrons. The Balaban J connectivity index is 2.38. The van der Waals surface area contributed by atoms with E-state index in [0.717, 1.165) is 4.47 Å². The van der Waals surface area contributed by atoms with Crippen molar-refractivity contribution in [3.8, 4) is 0 Å². The Bertz CT molecular complexity index is 719. The third kappa shape index (κ3) is 3.45. The number of aliphatic hydroxyl groups excluding tert-OH is 1. The van der Waals surface area contributed by atoms with Gasteiger partial charge in [0, 0.05) is 13.4 Å². The Hall–Kier alpha value is -0.350. The third-order valence-corrected chi connectivity index (χ3v) is 5.23. The monoisotopic (exact) mass is 487 g/mol. The average molecular weight is 490 g/mol. The molecule has 0 radical (unpaired) electrons. The minimum absolute atomic E-state index is 0.180. The summed E-state index contributed by atoms with van der Waals surface area (Å²) in [6, 6.07) is 6.11. The predicted octanol–water partition coefficient (Wildman–Crippen LogP) is 3.86. The number of hydrogen-bond donors (Lipinski definition) is 2. The van der Waals surface area contributed by atoms with E-state index in [2.05, 4.69) is 52.5 Å². The van der Waals surface area contributed by atoms with Crippen LogP contribution in [0.15, 0.2) is 47.2 Å². The number of nitrogens with one attached hydrogen (secondary N) is 1. The molecule has 0 unspecified atom stereocenters. The zero-order chi connectivity index (χ0) is 14.9. The summed E-state index contributed by atoms with van der Waals surface area (Å²) in [6.45, 7) is -0.360. The first-order valence-corrected chi connectivity index (χ1v) is 9.06. The molecule has 0 aliphatic heterocycles. The van der Waals surface area contributed by atoms with Crippen molar-refractivity contribution >= 4 is 63.5 Å². The number of anilines is 1. The van der Waals surface area contributed by atoms with Crippen LogP contribution < -0.4 is 4.72 Å². The molecule has 2 aromatic rings. The lowest BCUT2D eigenvalue weighted by Crippen LogP contribution is -2.13. The van der Waals surface area contributed by atoms with Crippen LogP contribution in [0.4, 0.5) is 5.69 Å². The molecule has 1 aromatic heterocycles. The zero-order valence-corrected chi connectivity index (χ0v) is 15.3. The molecular formula is C11H8Br3NO4S. The van der Waals surface area contributed by atoms with Crippen LogP contribution in [-0.4, -0.2) is 13.5 Å². The Morgan fingerprint density at radius 2 is 1.75 bits per heavy atom. The SMILES string of the molecule is O=S(=O)(Nc1c(Br)cc(Br)cc1Br)c1ccc(CO)o1. The maximum absolute atomic E-state index is 12.2. The van der Waals surface area contributed by atoms with Crippen LogP contribution in [-0.2, 0) is 16.6 Å². The van der Waals surface area contributed by atoms with Gasteiger partial charge >= 0.3 is 0 Å². The standard InChI is InChI=1S/C11H8Br3NO4S/c12-6-3-8(13)11(9(14)4-6)15-20(17,18)10-2-1-7(5-16)19-10/h1-4,15-16H,5H2. The van der Waals surface area contributed by atoms with Crippen LogP contribution in [0.25, 0.3) is 0 Å². The molecule has 2 N–H and O–H groups in total. The van der Waals surface area contributed by atoms with E-state index < -0.39 is 10.0 Å². The number of benzene rings is 1. The zero-order valence-electron chi connectivity index (χ0n) is 9.73. The van der Waals surface area contributed by atoms with Crippen molar-refractivity contribution in [2.24, 2.45) is 0 Å². The Labute approximate surface area is 140 Å². The maximum atomic E-state index is 12.2. The average Bonchev–Trinajstić information content (AvgIpc) is 2.83. The summed E-state index contributed by atoms with van der Waals surface area (Å²) in [6.07, 6.45) is 0. The van der Waals surface area contributed by atoms with Gasteiger partial charge in [-0.1, -0.05) is 15.9 Å². The van der Waals surface area contributed by atoms with Gasteiger partial charge in [-0.15, -0.1) is 0 Å². The number of sulfonamides is 1. The van der Waals surface area contributed by atoms with Crippen LogP contribution in [0.2, 0.25) is 0 Å². The van der Waals surface area contributed by atoms with Crippen molar-refractivity contribution < 1.29 is 17.9 Å². The largest absolute Gasteiger partial charge is 0.445 e. The van der Waals surface area contributed by atoms with Gasteiger partial charge in [0.1, 0.15) is 12.4 Å². The molecule has 0 atom stereocenters. The van der Waals surface area contributed by atoms with E-state index in [4.69, 9.17) is 9.52 Å². The molecule has 0 bridgehead atoms. The van der Waals surface area contributed by atoms with Gasteiger partial charge in [-0.25, -0.2) is 0 Å². The highest BCUT2D eigenvalue weighted by Gasteiger charge is 2.21. The topological polar surface area (TPSA) is 79.5 Å². The smallest absolute Gasteiger partial charge is 0.295 e. The molecule has 9 heteroatoms. The first-order chi connectivity index (χ1) is 9.33. The highest BCUT2D eigenvalue weighted by Crippen LogP contribution is 2.35. The van der Waals surface area contributed by atoms with Gasteiger partial charge in [-0.05, 0) is 56.1 Å². The number of hydrogen-bond acceptors (Lipinski definition) is 4. The van der Waals surface area contributed by atoms with E-state index in [1.165, 1.54) is 12.1 Å². The second-order valence-electron chi connectivity index (χ2n) is 3.73. The number of rotatable bonds is 4. The van der Waals surface area contributed by atoms with E-state index in [9.17, 15) is 8.42 Å². The summed E-state index contributed by atoms with van der Waals surface area (Å²) in [5.41, 5.74) is 0.357. The first-order valence-electron chi connectivity index (χ1n) is 5.20. The normalized spacial score (nSPS) is 11.6. The van der Waals surface area contributed by atoms with Crippen molar-refractivity contribution in [3.63, 3.8) is 0 Å². The van der Waals surface area contributed by atoms with Crippen LogP contribution in [0.3, 0.4) is 0 Å². The lowest BCUT2D eigenvalue weighted by atomic mass is 10.3. The van der Waals surface area contributed by atoms with Gasteiger partial charge in [0.25, 0.3) is 10.0 Å². The van der Waals surface area contributed by atoms with Crippen molar-refractivity contribution in [3.05, 3.63) is 43.4 Å². The summed E-state index contributed by atoms with van der Waals surface area (Å²) in [5.74, 6) is 0.180. The molecule has 2 rings (SSSR count). The van der Waals surface area contributed by atoms with Gasteiger partial charge in [0.2, 0.25) is 5.09 Å². The van der Waals surface area contributed by atoms with E-state index in [-0.39, 0.29) is 17.5 Å². The van der Waals surface area contributed by atoms with Gasteiger partial charge in [0.15, 0.2) is 0 Å². The Morgan fingerprint density at radius 3 is 2.25 bits per heavy atom. The summed E-state index contributed by atoms with van der Waals surface area (Å²) < 4.78 is 33.7. The molecule has 0 fully saturated rings. The van der Waals surface area contributed by atoms with Gasteiger partial charge in [0.05, 0.1) is 5.69 Å². The Morgan fingerprint density at radius 1 is 1.15 bits per heavy atom. The molecule has 5 nitrogen and oxygen atoms in total. The fourth-order valence-electron chi connectivity index (χ4n) is 1.41. The molecule has 0 aliphatic rings. The molecular weight excluding hydrogens is 482 g/mol. The number of aliphatic hydroxyl groups is 1. The molecule has 0 saturated carbocycles. The van der Waals surface area contributed by atoms with Crippen molar-refractivity contribution in [1.29, 1.82) is 0 Å².